The minimum Gasteiger partial charge on any atom is -0.496 e. The molecule has 0 fully saturated rings. The summed E-state index contributed by atoms with van der Waals surface area (Å²) in [6.07, 6.45) is 0.0958. The van der Waals surface area contributed by atoms with Crippen molar-refractivity contribution < 1.29 is 23.4 Å². The standard InChI is InChI=1S/C18H20FNO4/c1-22-14-9-16(23-2)15(17(10-14)24-3)11-20-18(21)8-12-5-4-6-13(19)7-12/h4-7,9-10H,8,11H2,1-3H3,(H,20,21). The smallest absolute Gasteiger partial charge is 0.224 e. The average Bonchev–Trinajstić information content (AvgIpc) is 2.59. The Hall–Kier alpha value is -2.76. The molecule has 1 N–H and O–H groups in total. The minimum absolute atomic E-state index is 0.0958. The second-order valence-corrected chi connectivity index (χ2v) is 5.09. The number of amides is 1. The van der Waals surface area contributed by atoms with Crippen molar-refractivity contribution in [3.05, 3.63) is 53.3 Å². The number of ether oxygens (including phenoxy) is 3. The summed E-state index contributed by atoms with van der Waals surface area (Å²) in [5, 5.41) is 2.79. The van der Waals surface area contributed by atoms with Crippen LogP contribution in [0.1, 0.15) is 11.1 Å². The zero-order valence-electron chi connectivity index (χ0n) is 13.9. The summed E-state index contributed by atoms with van der Waals surface area (Å²) in [4.78, 5) is 12.1. The molecule has 0 aliphatic carbocycles. The molecule has 6 heteroatoms. The van der Waals surface area contributed by atoms with Crippen molar-refractivity contribution in [3.8, 4) is 17.2 Å². The third kappa shape index (κ3) is 4.38. The van der Waals surface area contributed by atoms with Gasteiger partial charge >= 0.3 is 0 Å². The molecule has 0 saturated heterocycles. The monoisotopic (exact) mass is 333 g/mol. The number of carbonyl (C=O) groups is 1. The Labute approximate surface area is 140 Å². The van der Waals surface area contributed by atoms with Gasteiger partial charge in [-0.2, -0.15) is 0 Å². The summed E-state index contributed by atoms with van der Waals surface area (Å²) >= 11 is 0. The molecule has 0 heterocycles. The van der Waals surface area contributed by atoms with Crippen LogP contribution in [0.5, 0.6) is 17.2 Å². The first-order valence-electron chi connectivity index (χ1n) is 7.37. The Balaban J connectivity index is 2.09. The second kappa shape index (κ2) is 8.19. The van der Waals surface area contributed by atoms with Gasteiger partial charge in [-0.3, -0.25) is 4.79 Å². The highest BCUT2D eigenvalue weighted by Crippen LogP contribution is 2.33. The molecule has 0 radical (unpaired) electrons. The van der Waals surface area contributed by atoms with Gasteiger partial charge in [0.15, 0.2) is 0 Å². The van der Waals surface area contributed by atoms with Gasteiger partial charge in [0.2, 0.25) is 5.91 Å². The molecule has 0 aliphatic rings. The molecule has 2 aromatic carbocycles. The number of hydrogen-bond donors (Lipinski definition) is 1. The number of halogens is 1. The summed E-state index contributed by atoms with van der Waals surface area (Å²) in [5.41, 5.74) is 1.31. The molecule has 0 bridgehead atoms. The second-order valence-electron chi connectivity index (χ2n) is 5.09. The van der Waals surface area contributed by atoms with Gasteiger partial charge in [0.25, 0.3) is 0 Å². The summed E-state index contributed by atoms with van der Waals surface area (Å²) in [5.74, 6) is 1.12. The normalized spacial score (nSPS) is 10.2. The molecule has 0 unspecified atom stereocenters. The molecule has 2 rings (SSSR count). The third-order valence-electron chi connectivity index (χ3n) is 3.53. The summed E-state index contributed by atoms with van der Waals surface area (Å²) in [6, 6.07) is 9.40. The van der Waals surface area contributed by atoms with Crippen LogP contribution >= 0.6 is 0 Å². The molecular weight excluding hydrogens is 313 g/mol. The van der Waals surface area contributed by atoms with E-state index in [9.17, 15) is 9.18 Å². The lowest BCUT2D eigenvalue weighted by Gasteiger charge is -2.15. The fourth-order valence-electron chi connectivity index (χ4n) is 2.33. The van der Waals surface area contributed by atoms with E-state index in [1.807, 2.05) is 0 Å². The predicted molar refractivity (Wildman–Crippen MR) is 88.0 cm³/mol. The first-order chi connectivity index (χ1) is 11.6. The van der Waals surface area contributed by atoms with Crippen LogP contribution < -0.4 is 19.5 Å². The fourth-order valence-corrected chi connectivity index (χ4v) is 2.33. The van der Waals surface area contributed by atoms with Crippen LogP contribution in [0.4, 0.5) is 4.39 Å². The number of hydrogen-bond acceptors (Lipinski definition) is 4. The fraction of sp³-hybridized carbons (Fsp3) is 0.278. The van der Waals surface area contributed by atoms with Gasteiger partial charge in [0.1, 0.15) is 23.1 Å². The average molecular weight is 333 g/mol. The van der Waals surface area contributed by atoms with Crippen molar-refractivity contribution >= 4 is 5.91 Å². The number of benzene rings is 2. The quantitative estimate of drug-likeness (QED) is 0.846. The van der Waals surface area contributed by atoms with Gasteiger partial charge in [-0.05, 0) is 17.7 Å². The van der Waals surface area contributed by atoms with Gasteiger partial charge in [-0.15, -0.1) is 0 Å². The van der Waals surface area contributed by atoms with E-state index < -0.39 is 0 Å². The molecule has 0 aromatic heterocycles. The van der Waals surface area contributed by atoms with Crippen molar-refractivity contribution in [2.75, 3.05) is 21.3 Å². The number of rotatable bonds is 7. The molecule has 0 atom stereocenters. The topological polar surface area (TPSA) is 56.8 Å². The minimum atomic E-state index is -0.362. The lowest BCUT2D eigenvalue weighted by atomic mass is 10.1. The Morgan fingerprint density at radius 1 is 1.04 bits per heavy atom. The molecule has 0 spiro atoms. The first-order valence-corrected chi connectivity index (χ1v) is 7.37. The first kappa shape index (κ1) is 17.6. The highest BCUT2D eigenvalue weighted by molar-refractivity contribution is 5.78. The van der Waals surface area contributed by atoms with E-state index in [-0.39, 0.29) is 24.7 Å². The summed E-state index contributed by atoms with van der Waals surface area (Å²) in [7, 11) is 4.62. The largest absolute Gasteiger partial charge is 0.496 e. The third-order valence-corrected chi connectivity index (χ3v) is 3.53. The molecule has 2 aromatic rings. The summed E-state index contributed by atoms with van der Waals surface area (Å²) < 4.78 is 29.0. The molecule has 1 amide bonds. The molecule has 128 valence electrons. The Kier molecular flexibility index (Phi) is 6.01. The number of nitrogens with one attached hydrogen (secondary N) is 1. The Morgan fingerprint density at radius 3 is 2.25 bits per heavy atom. The maximum Gasteiger partial charge on any atom is 0.224 e. The van der Waals surface area contributed by atoms with Gasteiger partial charge < -0.3 is 19.5 Å². The lowest BCUT2D eigenvalue weighted by molar-refractivity contribution is -0.120. The lowest BCUT2D eigenvalue weighted by Crippen LogP contribution is -2.25. The van der Waals surface area contributed by atoms with Crippen LogP contribution in [0.15, 0.2) is 36.4 Å². The number of carbonyl (C=O) groups excluding carboxylic acids is 1. The van der Waals surface area contributed by atoms with E-state index in [0.717, 1.165) is 0 Å². The maximum atomic E-state index is 13.2. The van der Waals surface area contributed by atoms with Crippen molar-refractivity contribution in [2.24, 2.45) is 0 Å². The van der Waals surface area contributed by atoms with E-state index in [2.05, 4.69) is 5.32 Å². The Morgan fingerprint density at radius 2 is 1.71 bits per heavy atom. The van der Waals surface area contributed by atoms with Crippen LogP contribution in [0.3, 0.4) is 0 Å². The maximum absolute atomic E-state index is 13.2. The Bertz CT molecular complexity index is 693. The van der Waals surface area contributed by atoms with E-state index in [4.69, 9.17) is 14.2 Å². The van der Waals surface area contributed by atoms with E-state index >= 15 is 0 Å². The number of methoxy groups -OCH3 is 3. The zero-order valence-corrected chi connectivity index (χ0v) is 13.9. The molecular formula is C18H20FNO4. The van der Waals surface area contributed by atoms with Crippen molar-refractivity contribution in [2.45, 2.75) is 13.0 Å². The SMILES string of the molecule is COc1cc(OC)c(CNC(=O)Cc2cccc(F)c2)c(OC)c1. The summed E-state index contributed by atoms with van der Waals surface area (Å²) in [6.45, 7) is 0.227. The molecule has 0 saturated carbocycles. The van der Waals surface area contributed by atoms with Crippen molar-refractivity contribution in [3.63, 3.8) is 0 Å². The van der Waals surface area contributed by atoms with E-state index in [1.54, 1.807) is 31.4 Å². The molecule has 0 aliphatic heterocycles. The van der Waals surface area contributed by atoms with E-state index in [1.165, 1.54) is 26.4 Å². The zero-order chi connectivity index (χ0) is 17.5. The highest BCUT2D eigenvalue weighted by atomic mass is 19.1. The van der Waals surface area contributed by atoms with Crippen LogP contribution in [0, 0.1) is 5.82 Å². The van der Waals surface area contributed by atoms with Gasteiger partial charge in [-0.25, -0.2) is 4.39 Å². The highest BCUT2D eigenvalue weighted by Gasteiger charge is 2.14. The van der Waals surface area contributed by atoms with Gasteiger partial charge in [0, 0.05) is 12.1 Å². The van der Waals surface area contributed by atoms with E-state index in [0.29, 0.717) is 28.4 Å². The van der Waals surface area contributed by atoms with Crippen molar-refractivity contribution in [1.29, 1.82) is 0 Å². The van der Waals surface area contributed by atoms with Crippen LogP contribution in [0.25, 0.3) is 0 Å². The van der Waals surface area contributed by atoms with Crippen molar-refractivity contribution in [1.82, 2.24) is 5.32 Å². The van der Waals surface area contributed by atoms with Gasteiger partial charge in [0.05, 0.1) is 39.9 Å². The van der Waals surface area contributed by atoms with Crippen LogP contribution in [0.2, 0.25) is 0 Å². The predicted octanol–water partition coefficient (Wildman–Crippen LogP) is 2.71. The molecule has 24 heavy (non-hydrogen) atoms. The van der Waals surface area contributed by atoms with Crippen LogP contribution in [-0.2, 0) is 17.8 Å². The molecule has 5 nitrogen and oxygen atoms in total. The van der Waals surface area contributed by atoms with Crippen LogP contribution in [-0.4, -0.2) is 27.2 Å². The van der Waals surface area contributed by atoms with Gasteiger partial charge in [-0.1, -0.05) is 12.1 Å².